The molecule has 24 heavy (non-hydrogen) atoms. The van der Waals surface area contributed by atoms with Crippen LogP contribution in [0.15, 0.2) is 24.5 Å². The van der Waals surface area contributed by atoms with E-state index < -0.39 is 0 Å². The van der Waals surface area contributed by atoms with Crippen molar-refractivity contribution in [2.75, 3.05) is 0 Å². The van der Waals surface area contributed by atoms with Crippen molar-refractivity contribution in [2.45, 2.75) is 99.5 Å². The van der Waals surface area contributed by atoms with Crippen LogP contribution in [0.3, 0.4) is 0 Å². The van der Waals surface area contributed by atoms with Crippen molar-refractivity contribution in [1.29, 1.82) is 0 Å². The van der Waals surface area contributed by atoms with Gasteiger partial charge in [-0.05, 0) is 48.1 Å². The van der Waals surface area contributed by atoms with E-state index in [-0.39, 0.29) is 0 Å². The molecule has 0 N–H and O–H groups in total. The predicted octanol–water partition coefficient (Wildman–Crippen LogP) is 7.56. The smallest absolute Gasteiger partial charge is 0.0219 e. The molecule has 1 rings (SSSR count). The second kappa shape index (κ2) is 11.0. The monoisotopic (exact) mass is 333 g/mol. The number of unbranched alkanes of at least 4 members (excludes halogenated alkanes) is 6. The minimum absolute atomic E-state index is 0.525. The van der Waals surface area contributed by atoms with Gasteiger partial charge in [0.25, 0.3) is 0 Å². The Hall–Kier alpha value is -0.720. The van der Waals surface area contributed by atoms with E-state index in [1.54, 1.807) is 0 Å². The molecule has 1 nitrogen and oxygen atoms in total. The molecule has 0 atom stereocenters. The van der Waals surface area contributed by atoms with E-state index in [0.29, 0.717) is 5.41 Å². The first-order valence-electron chi connectivity index (χ1n) is 10.5. The molecule has 0 aliphatic rings. The Balaban J connectivity index is 2.13. The standard InChI is InChI=1S/C23H43N/c1-20(2)23(21(3)4,22(5)6)16-12-10-8-7-9-11-13-17-24-18-14-15-19-24/h14-15,18-22H,7-13,16-17H2,1-6H3. The van der Waals surface area contributed by atoms with Gasteiger partial charge in [-0.25, -0.2) is 0 Å². The van der Waals surface area contributed by atoms with Crippen LogP contribution < -0.4 is 0 Å². The van der Waals surface area contributed by atoms with Gasteiger partial charge >= 0.3 is 0 Å². The van der Waals surface area contributed by atoms with Crippen molar-refractivity contribution in [3.63, 3.8) is 0 Å². The largest absolute Gasteiger partial charge is 0.354 e. The van der Waals surface area contributed by atoms with E-state index in [1.165, 1.54) is 57.9 Å². The molecule has 0 bridgehead atoms. The van der Waals surface area contributed by atoms with Crippen LogP contribution in [0.2, 0.25) is 0 Å². The molecule has 1 heterocycles. The zero-order valence-electron chi connectivity index (χ0n) is 17.4. The van der Waals surface area contributed by atoms with Crippen LogP contribution in [-0.4, -0.2) is 4.57 Å². The molecule has 0 fully saturated rings. The maximum absolute atomic E-state index is 2.44. The summed E-state index contributed by atoms with van der Waals surface area (Å²) in [6.45, 7) is 15.8. The Morgan fingerprint density at radius 3 is 1.50 bits per heavy atom. The lowest BCUT2D eigenvalue weighted by Gasteiger charge is -2.45. The summed E-state index contributed by atoms with van der Waals surface area (Å²) in [5.74, 6) is 2.35. The summed E-state index contributed by atoms with van der Waals surface area (Å²) in [5.41, 5.74) is 0.525. The fourth-order valence-electron chi connectivity index (χ4n) is 4.99. The quantitative estimate of drug-likeness (QED) is 0.328. The molecule has 1 heteroatoms. The molecule has 0 amide bonds. The number of hydrogen-bond donors (Lipinski definition) is 0. The molecule has 0 aliphatic carbocycles. The highest BCUT2D eigenvalue weighted by Crippen LogP contribution is 2.47. The topological polar surface area (TPSA) is 4.93 Å². The van der Waals surface area contributed by atoms with Crippen molar-refractivity contribution < 1.29 is 0 Å². The average Bonchev–Trinajstić information content (AvgIpc) is 3.01. The van der Waals surface area contributed by atoms with E-state index >= 15 is 0 Å². The van der Waals surface area contributed by atoms with Crippen LogP contribution in [0.1, 0.15) is 92.9 Å². The summed E-state index contributed by atoms with van der Waals surface area (Å²) >= 11 is 0. The Kier molecular flexibility index (Phi) is 9.78. The van der Waals surface area contributed by atoms with Crippen LogP contribution in [0.4, 0.5) is 0 Å². The highest BCUT2D eigenvalue weighted by atomic mass is 14.9. The molecule has 0 unspecified atom stereocenters. The molecule has 140 valence electrons. The Labute approximate surface area is 152 Å². The van der Waals surface area contributed by atoms with Gasteiger partial charge < -0.3 is 4.57 Å². The summed E-state index contributed by atoms with van der Waals surface area (Å²) in [7, 11) is 0. The van der Waals surface area contributed by atoms with Gasteiger partial charge in [-0.3, -0.25) is 0 Å². The molecular formula is C23H43N. The second-order valence-corrected chi connectivity index (χ2v) is 8.72. The molecule has 0 aliphatic heterocycles. The molecule has 0 spiro atoms. The first-order chi connectivity index (χ1) is 11.4. The van der Waals surface area contributed by atoms with Gasteiger partial charge in [-0.1, -0.05) is 80.1 Å². The van der Waals surface area contributed by atoms with Crippen molar-refractivity contribution in [1.82, 2.24) is 4.57 Å². The number of rotatable bonds is 13. The minimum atomic E-state index is 0.525. The summed E-state index contributed by atoms with van der Waals surface area (Å²) in [4.78, 5) is 0. The SMILES string of the molecule is CC(C)C(CCCCCCCCCn1cccc1)(C(C)C)C(C)C. The number of hydrogen-bond acceptors (Lipinski definition) is 0. The summed E-state index contributed by atoms with van der Waals surface area (Å²) in [6.07, 6.45) is 15.5. The Morgan fingerprint density at radius 2 is 1.04 bits per heavy atom. The molecular weight excluding hydrogens is 290 g/mol. The maximum Gasteiger partial charge on any atom is 0.0219 e. The lowest BCUT2D eigenvalue weighted by molar-refractivity contribution is 0.0356. The van der Waals surface area contributed by atoms with Crippen molar-refractivity contribution >= 4 is 0 Å². The highest BCUT2D eigenvalue weighted by molar-refractivity contribution is 4.90. The molecule has 1 aromatic rings. The molecule has 1 aromatic heterocycles. The van der Waals surface area contributed by atoms with Crippen LogP contribution in [-0.2, 0) is 6.54 Å². The third-order valence-electron chi connectivity index (χ3n) is 6.42. The van der Waals surface area contributed by atoms with Crippen LogP contribution in [0.5, 0.6) is 0 Å². The van der Waals surface area contributed by atoms with E-state index in [0.717, 1.165) is 17.8 Å². The fourth-order valence-corrected chi connectivity index (χ4v) is 4.99. The molecule has 0 radical (unpaired) electrons. The first kappa shape index (κ1) is 21.3. The van der Waals surface area contributed by atoms with Crippen LogP contribution >= 0.6 is 0 Å². The van der Waals surface area contributed by atoms with Gasteiger partial charge in [0.1, 0.15) is 0 Å². The van der Waals surface area contributed by atoms with Gasteiger partial charge in [-0.15, -0.1) is 0 Å². The highest BCUT2D eigenvalue weighted by Gasteiger charge is 2.39. The summed E-state index contributed by atoms with van der Waals surface area (Å²) < 4.78 is 2.29. The number of aromatic nitrogens is 1. The normalized spacial score (nSPS) is 12.7. The van der Waals surface area contributed by atoms with E-state index in [9.17, 15) is 0 Å². The number of aryl methyl sites for hydroxylation is 1. The molecule has 0 saturated heterocycles. The first-order valence-corrected chi connectivity index (χ1v) is 10.5. The number of nitrogens with zero attached hydrogens (tertiary/aromatic N) is 1. The lowest BCUT2D eigenvalue weighted by Crippen LogP contribution is -2.38. The molecule has 0 saturated carbocycles. The zero-order valence-corrected chi connectivity index (χ0v) is 17.4. The van der Waals surface area contributed by atoms with E-state index in [4.69, 9.17) is 0 Å². The van der Waals surface area contributed by atoms with E-state index in [1.807, 2.05) is 0 Å². The third-order valence-corrected chi connectivity index (χ3v) is 6.42. The minimum Gasteiger partial charge on any atom is -0.354 e. The summed E-state index contributed by atoms with van der Waals surface area (Å²) in [5, 5.41) is 0. The second-order valence-electron chi connectivity index (χ2n) is 8.72. The van der Waals surface area contributed by atoms with Gasteiger partial charge in [0.15, 0.2) is 0 Å². The average molecular weight is 334 g/mol. The van der Waals surface area contributed by atoms with Crippen molar-refractivity contribution in [3.05, 3.63) is 24.5 Å². The van der Waals surface area contributed by atoms with Gasteiger partial charge in [0.05, 0.1) is 0 Å². The summed E-state index contributed by atoms with van der Waals surface area (Å²) in [6, 6.07) is 4.23. The Bertz CT molecular complexity index is 378. The van der Waals surface area contributed by atoms with Crippen molar-refractivity contribution in [2.24, 2.45) is 23.2 Å². The van der Waals surface area contributed by atoms with Gasteiger partial charge in [0, 0.05) is 18.9 Å². The molecule has 0 aromatic carbocycles. The van der Waals surface area contributed by atoms with Gasteiger partial charge in [-0.2, -0.15) is 0 Å². The van der Waals surface area contributed by atoms with E-state index in [2.05, 4.69) is 70.6 Å². The third kappa shape index (κ3) is 6.30. The lowest BCUT2D eigenvalue weighted by atomic mass is 9.60. The zero-order chi connectivity index (χ0) is 18.0. The maximum atomic E-state index is 2.44. The van der Waals surface area contributed by atoms with Crippen molar-refractivity contribution in [3.8, 4) is 0 Å². The van der Waals surface area contributed by atoms with Crippen LogP contribution in [0, 0.1) is 23.2 Å². The Morgan fingerprint density at radius 1 is 0.625 bits per heavy atom. The predicted molar refractivity (Wildman–Crippen MR) is 108 cm³/mol. The van der Waals surface area contributed by atoms with Gasteiger partial charge in [0.2, 0.25) is 0 Å². The van der Waals surface area contributed by atoms with Crippen LogP contribution in [0.25, 0.3) is 0 Å². The fraction of sp³-hybridized carbons (Fsp3) is 0.826.